The van der Waals surface area contributed by atoms with Crippen molar-refractivity contribution in [3.05, 3.63) is 59.4 Å². The van der Waals surface area contributed by atoms with E-state index in [1.54, 1.807) is 24.9 Å². The van der Waals surface area contributed by atoms with Gasteiger partial charge in [-0.05, 0) is 30.3 Å². The molecule has 2 aromatic carbocycles. The molecular formula is C17H17FO2S. The molecule has 2 nitrogen and oxygen atoms in total. The summed E-state index contributed by atoms with van der Waals surface area (Å²) in [6, 6.07) is 12.0. The number of hydrogen-bond acceptors (Lipinski definition) is 3. The number of ether oxygens (including phenoxy) is 1. The van der Waals surface area contributed by atoms with Gasteiger partial charge >= 0.3 is 0 Å². The number of hydrogen-bond donors (Lipinski definition) is 0. The molecule has 0 saturated heterocycles. The Hall–Kier alpha value is -1.81. The third kappa shape index (κ3) is 4.08. The second kappa shape index (κ2) is 7.27. The van der Waals surface area contributed by atoms with E-state index in [9.17, 15) is 9.18 Å². The zero-order valence-electron chi connectivity index (χ0n) is 12.1. The van der Waals surface area contributed by atoms with Gasteiger partial charge in [-0.1, -0.05) is 19.1 Å². The van der Waals surface area contributed by atoms with Gasteiger partial charge in [0.05, 0.1) is 7.11 Å². The molecule has 0 unspecified atom stereocenters. The van der Waals surface area contributed by atoms with Gasteiger partial charge in [0, 0.05) is 28.2 Å². The van der Waals surface area contributed by atoms with Crippen LogP contribution in [-0.4, -0.2) is 12.9 Å². The fourth-order valence-electron chi connectivity index (χ4n) is 1.96. The quantitative estimate of drug-likeness (QED) is 0.570. The smallest absolute Gasteiger partial charge is 0.162 e. The molecule has 2 rings (SSSR count). The van der Waals surface area contributed by atoms with Gasteiger partial charge in [0.25, 0.3) is 0 Å². The lowest BCUT2D eigenvalue weighted by Gasteiger charge is -2.08. The molecule has 0 aliphatic heterocycles. The zero-order chi connectivity index (χ0) is 15.2. The number of rotatable bonds is 6. The van der Waals surface area contributed by atoms with Gasteiger partial charge in [0.1, 0.15) is 11.6 Å². The van der Waals surface area contributed by atoms with Crippen LogP contribution < -0.4 is 4.74 Å². The highest BCUT2D eigenvalue weighted by molar-refractivity contribution is 7.98. The fourth-order valence-corrected chi connectivity index (χ4v) is 2.84. The van der Waals surface area contributed by atoms with Crippen molar-refractivity contribution in [2.75, 3.05) is 7.11 Å². The molecule has 0 saturated carbocycles. The minimum absolute atomic E-state index is 0.137. The summed E-state index contributed by atoms with van der Waals surface area (Å²) in [6.07, 6.45) is 0.507. The van der Waals surface area contributed by atoms with Crippen molar-refractivity contribution in [3.8, 4) is 5.75 Å². The molecule has 0 aromatic heterocycles. The average Bonchev–Trinajstić information content (AvgIpc) is 2.52. The van der Waals surface area contributed by atoms with Crippen LogP contribution in [0.25, 0.3) is 0 Å². The van der Waals surface area contributed by atoms with Crippen molar-refractivity contribution in [1.82, 2.24) is 0 Å². The molecule has 0 radical (unpaired) electrons. The van der Waals surface area contributed by atoms with E-state index in [0.717, 1.165) is 16.0 Å². The van der Waals surface area contributed by atoms with Gasteiger partial charge in [0.15, 0.2) is 5.78 Å². The Balaban J connectivity index is 2.06. The largest absolute Gasteiger partial charge is 0.496 e. The van der Waals surface area contributed by atoms with Crippen LogP contribution in [0.3, 0.4) is 0 Å². The summed E-state index contributed by atoms with van der Waals surface area (Å²) in [4.78, 5) is 12.6. The molecule has 0 spiro atoms. The van der Waals surface area contributed by atoms with E-state index in [1.807, 2.05) is 31.2 Å². The Morgan fingerprint density at radius 3 is 2.52 bits per heavy atom. The predicted molar refractivity (Wildman–Crippen MR) is 83.6 cm³/mol. The highest BCUT2D eigenvalue weighted by atomic mass is 32.2. The molecule has 0 aliphatic carbocycles. The van der Waals surface area contributed by atoms with Gasteiger partial charge in [-0.25, -0.2) is 4.39 Å². The van der Waals surface area contributed by atoms with Gasteiger partial charge in [-0.2, -0.15) is 0 Å². The van der Waals surface area contributed by atoms with Crippen molar-refractivity contribution < 1.29 is 13.9 Å². The summed E-state index contributed by atoms with van der Waals surface area (Å²) >= 11 is 1.58. The maximum absolute atomic E-state index is 13.3. The number of carbonyl (C=O) groups is 1. The van der Waals surface area contributed by atoms with Crippen LogP contribution in [0.1, 0.15) is 29.3 Å². The van der Waals surface area contributed by atoms with E-state index in [1.165, 1.54) is 12.1 Å². The van der Waals surface area contributed by atoms with Crippen LogP contribution in [-0.2, 0) is 5.75 Å². The summed E-state index contributed by atoms with van der Waals surface area (Å²) in [5, 5.41) is 0. The van der Waals surface area contributed by atoms with E-state index in [0.29, 0.717) is 17.9 Å². The summed E-state index contributed by atoms with van der Waals surface area (Å²) in [6.45, 7) is 1.85. The molecule has 110 valence electrons. The van der Waals surface area contributed by atoms with Crippen LogP contribution in [0.15, 0.2) is 47.4 Å². The average molecular weight is 304 g/mol. The first-order valence-electron chi connectivity index (χ1n) is 6.72. The summed E-state index contributed by atoms with van der Waals surface area (Å²) in [5.74, 6) is 1.16. The fraction of sp³-hybridized carbons (Fsp3) is 0.235. The SMILES string of the molecule is CCC(=O)c1ccc(SCc2cc(F)ccc2OC)cc1. The van der Waals surface area contributed by atoms with E-state index < -0.39 is 0 Å². The van der Waals surface area contributed by atoms with Crippen molar-refractivity contribution in [2.24, 2.45) is 0 Å². The van der Waals surface area contributed by atoms with Crippen LogP contribution in [0, 0.1) is 5.82 Å². The third-order valence-corrected chi connectivity index (χ3v) is 4.20. The number of carbonyl (C=O) groups excluding carboxylic acids is 1. The molecule has 0 atom stereocenters. The number of thioether (sulfide) groups is 1. The van der Waals surface area contributed by atoms with E-state index in [-0.39, 0.29) is 11.6 Å². The third-order valence-electron chi connectivity index (χ3n) is 3.13. The standard InChI is InChI=1S/C17H17FO2S/c1-3-16(19)12-4-7-15(8-5-12)21-11-13-10-14(18)6-9-17(13)20-2/h4-10H,3,11H2,1-2H3. The number of methoxy groups -OCH3 is 1. The van der Waals surface area contributed by atoms with Crippen LogP contribution in [0.4, 0.5) is 4.39 Å². The van der Waals surface area contributed by atoms with Gasteiger partial charge < -0.3 is 4.74 Å². The Bertz CT molecular complexity index is 623. The first-order valence-corrected chi connectivity index (χ1v) is 7.71. The highest BCUT2D eigenvalue weighted by Crippen LogP contribution is 2.28. The Morgan fingerprint density at radius 1 is 1.19 bits per heavy atom. The molecule has 0 N–H and O–H groups in total. The van der Waals surface area contributed by atoms with Crippen molar-refractivity contribution in [1.29, 1.82) is 0 Å². The molecule has 0 aliphatic rings. The Morgan fingerprint density at radius 2 is 1.90 bits per heavy atom. The predicted octanol–water partition coefficient (Wildman–Crippen LogP) is 4.72. The number of halogens is 1. The molecule has 4 heteroatoms. The van der Waals surface area contributed by atoms with Gasteiger partial charge in [-0.3, -0.25) is 4.79 Å². The molecule has 0 bridgehead atoms. The second-order valence-corrected chi connectivity index (χ2v) is 5.59. The van der Waals surface area contributed by atoms with Crippen molar-refractivity contribution >= 4 is 17.5 Å². The molecule has 0 fully saturated rings. The Labute approximate surface area is 128 Å². The van der Waals surface area contributed by atoms with Crippen LogP contribution in [0.5, 0.6) is 5.75 Å². The summed E-state index contributed by atoms with van der Waals surface area (Å²) in [7, 11) is 1.58. The van der Waals surface area contributed by atoms with E-state index >= 15 is 0 Å². The first-order chi connectivity index (χ1) is 10.1. The lowest BCUT2D eigenvalue weighted by Crippen LogP contribution is -1.95. The molecular weight excluding hydrogens is 287 g/mol. The topological polar surface area (TPSA) is 26.3 Å². The van der Waals surface area contributed by atoms with Gasteiger partial charge in [-0.15, -0.1) is 11.8 Å². The normalized spacial score (nSPS) is 10.4. The van der Waals surface area contributed by atoms with E-state index in [4.69, 9.17) is 4.74 Å². The summed E-state index contributed by atoms with van der Waals surface area (Å²) < 4.78 is 18.5. The van der Waals surface area contributed by atoms with Crippen molar-refractivity contribution in [2.45, 2.75) is 24.0 Å². The lowest BCUT2D eigenvalue weighted by atomic mass is 10.1. The van der Waals surface area contributed by atoms with Crippen LogP contribution in [0.2, 0.25) is 0 Å². The number of Topliss-reactive ketones (excluding diaryl/α,β-unsaturated/α-hetero) is 1. The lowest BCUT2D eigenvalue weighted by molar-refractivity contribution is 0.0988. The zero-order valence-corrected chi connectivity index (χ0v) is 12.9. The molecule has 2 aromatic rings. The number of ketones is 1. The maximum atomic E-state index is 13.3. The van der Waals surface area contributed by atoms with Crippen LogP contribution >= 0.6 is 11.8 Å². The number of benzene rings is 2. The minimum atomic E-state index is -0.268. The maximum Gasteiger partial charge on any atom is 0.162 e. The van der Waals surface area contributed by atoms with Gasteiger partial charge in [0.2, 0.25) is 0 Å². The first kappa shape index (κ1) is 15.6. The molecule has 0 heterocycles. The second-order valence-electron chi connectivity index (χ2n) is 4.55. The highest BCUT2D eigenvalue weighted by Gasteiger charge is 2.07. The summed E-state index contributed by atoms with van der Waals surface area (Å²) in [5.41, 5.74) is 1.54. The minimum Gasteiger partial charge on any atom is -0.496 e. The molecule has 21 heavy (non-hydrogen) atoms. The van der Waals surface area contributed by atoms with Crippen molar-refractivity contribution in [3.63, 3.8) is 0 Å². The van der Waals surface area contributed by atoms with E-state index in [2.05, 4.69) is 0 Å². The monoisotopic (exact) mass is 304 g/mol. The Kier molecular flexibility index (Phi) is 5.39. The molecule has 0 amide bonds.